The zero-order valence-corrected chi connectivity index (χ0v) is 13.4. The monoisotopic (exact) mass is 313 g/mol. The van der Waals surface area contributed by atoms with E-state index in [9.17, 15) is 4.79 Å². The van der Waals surface area contributed by atoms with Gasteiger partial charge in [-0.25, -0.2) is 4.68 Å². The molecule has 1 aromatic heterocycles. The second-order valence-corrected chi connectivity index (χ2v) is 6.07. The third-order valence-corrected chi connectivity index (χ3v) is 4.32. The van der Waals surface area contributed by atoms with Crippen molar-refractivity contribution in [3.8, 4) is 5.69 Å². The lowest BCUT2D eigenvalue weighted by molar-refractivity contribution is 0.0916. The van der Waals surface area contributed by atoms with Gasteiger partial charge in [0.2, 0.25) is 0 Å². The topological polar surface area (TPSA) is 76.2 Å². The number of carbonyl (C=O) groups is 1. The molecule has 6 heteroatoms. The summed E-state index contributed by atoms with van der Waals surface area (Å²) in [6.07, 6.45) is 5.57. The minimum Gasteiger partial charge on any atom is -0.349 e. The molecular formula is C17H23N5O. The van der Waals surface area contributed by atoms with Gasteiger partial charge < -0.3 is 16.0 Å². The number of aromatic nitrogens is 2. The maximum atomic E-state index is 12.7. The van der Waals surface area contributed by atoms with Crippen molar-refractivity contribution >= 4 is 5.91 Å². The van der Waals surface area contributed by atoms with Crippen LogP contribution >= 0.6 is 0 Å². The molecule has 0 atom stereocenters. The zero-order chi connectivity index (χ0) is 16.2. The lowest BCUT2D eigenvalue weighted by atomic mass is 10.0. The van der Waals surface area contributed by atoms with Crippen molar-refractivity contribution in [3.63, 3.8) is 0 Å². The molecule has 1 amide bonds. The predicted octanol–water partition coefficient (Wildman–Crippen LogP) is 1.15. The van der Waals surface area contributed by atoms with Gasteiger partial charge in [-0.05, 0) is 45.1 Å². The van der Waals surface area contributed by atoms with E-state index < -0.39 is 0 Å². The third kappa shape index (κ3) is 3.60. The highest BCUT2D eigenvalue weighted by molar-refractivity contribution is 5.97. The Labute approximate surface area is 136 Å². The Kier molecular flexibility index (Phi) is 4.73. The Balaban J connectivity index is 1.78. The molecular weight excluding hydrogens is 290 g/mol. The van der Waals surface area contributed by atoms with Crippen LogP contribution in [0.4, 0.5) is 0 Å². The fourth-order valence-electron chi connectivity index (χ4n) is 2.88. The molecule has 0 spiro atoms. The van der Waals surface area contributed by atoms with Gasteiger partial charge in [-0.15, -0.1) is 0 Å². The Morgan fingerprint density at radius 3 is 2.78 bits per heavy atom. The molecule has 1 aliphatic heterocycles. The Morgan fingerprint density at radius 2 is 2.09 bits per heavy atom. The number of piperidine rings is 1. The number of amides is 1. The molecule has 0 aliphatic carbocycles. The summed E-state index contributed by atoms with van der Waals surface area (Å²) in [6.45, 7) is 2.47. The zero-order valence-electron chi connectivity index (χ0n) is 13.4. The van der Waals surface area contributed by atoms with E-state index in [0.29, 0.717) is 12.1 Å². The molecule has 122 valence electrons. The van der Waals surface area contributed by atoms with Gasteiger partial charge in [0, 0.05) is 24.3 Å². The first-order chi connectivity index (χ1) is 11.2. The smallest absolute Gasteiger partial charge is 0.253 e. The lowest BCUT2D eigenvalue weighted by Crippen LogP contribution is -2.43. The van der Waals surface area contributed by atoms with Gasteiger partial charge in [-0.1, -0.05) is 12.1 Å². The number of nitrogens with two attached hydrogens (primary N) is 1. The summed E-state index contributed by atoms with van der Waals surface area (Å²) in [5, 5.41) is 7.46. The standard InChI is InChI=1S/C17H23N5O/c1-21-8-6-14(7-9-21)20-17(23)15-4-2-3-5-16(15)22-12-13(10-18)11-19-22/h2-5,11-12,14H,6-10,18H2,1H3,(H,20,23). The fraction of sp³-hybridized carbons (Fsp3) is 0.412. The fourth-order valence-corrected chi connectivity index (χ4v) is 2.88. The maximum absolute atomic E-state index is 12.7. The van der Waals surface area contributed by atoms with E-state index in [2.05, 4.69) is 22.4 Å². The first-order valence-corrected chi connectivity index (χ1v) is 8.00. The summed E-state index contributed by atoms with van der Waals surface area (Å²) >= 11 is 0. The normalized spacial score (nSPS) is 16.4. The molecule has 0 saturated carbocycles. The van der Waals surface area contributed by atoms with Crippen LogP contribution in [0.2, 0.25) is 0 Å². The van der Waals surface area contributed by atoms with E-state index >= 15 is 0 Å². The second-order valence-electron chi connectivity index (χ2n) is 6.07. The second kappa shape index (κ2) is 6.93. The molecule has 0 bridgehead atoms. The average molecular weight is 313 g/mol. The number of rotatable bonds is 4. The van der Waals surface area contributed by atoms with Crippen molar-refractivity contribution < 1.29 is 4.79 Å². The van der Waals surface area contributed by atoms with Gasteiger partial charge in [-0.2, -0.15) is 5.10 Å². The molecule has 6 nitrogen and oxygen atoms in total. The molecule has 0 unspecified atom stereocenters. The summed E-state index contributed by atoms with van der Waals surface area (Å²) in [6, 6.07) is 7.76. The van der Waals surface area contributed by atoms with E-state index in [1.807, 2.05) is 30.5 Å². The molecule has 0 radical (unpaired) electrons. The first-order valence-electron chi connectivity index (χ1n) is 8.00. The van der Waals surface area contributed by atoms with Gasteiger partial charge in [0.1, 0.15) is 0 Å². The Morgan fingerprint density at radius 1 is 1.35 bits per heavy atom. The number of carbonyl (C=O) groups excluding carboxylic acids is 1. The van der Waals surface area contributed by atoms with Crippen molar-refractivity contribution in [2.75, 3.05) is 20.1 Å². The maximum Gasteiger partial charge on any atom is 0.253 e. The molecule has 1 aliphatic rings. The van der Waals surface area contributed by atoms with Crippen LogP contribution in [0.5, 0.6) is 0 Å². The molecule has 23 heavy (non-hydrogen) atoms. The van der Waals surface area contributed by atoms with Gasteiger partial charge in [0.25, 0.3) is 5.91 Å². The van der Waals surface area contributed by atoms with Crippen LogP contribution in [0.1, 0.15) is 28.8 Å². The number of hydrogen-bond acceptors (Lipinski definition) is 4. The van der Waals surface area contributed by atoms with E-state index in [0.717, 1.165) is 37.2 Å². The van der Waals surface area contributed by atoms with Crippen LogP contribution in [0.25, 0.3) is 5.69 Å². The highest BCUT2D eigenvalue weighted by Gasteiger charge is 2.20. The quantitative estimate of drug-likeness (QED) is 0.888. The van der Waals surface area contributed by atoms with Gasteiger partial charge in [0.05, 0.1) is 17.4 Å². The van der Waals surface area contributed by atoms with Gasteiger partial charge in [-0.3, -0.25) is 4.79 Å². The molecule has 1 fully saturated rings. The van der Waals surface area contributed by atoms with E-state index in [1.165, 1.54) is 0 Å². The van der Waals surface area contributed by atoms with Crippen molar-refractivity contribution in [2.24, 2.45) is 5.73 Å². The predicted molar refractivity (Wildman–Crippen MR) is 89.4 cm³/mol. The molecule has 1 saturated heterocycles. The molecule has 1 aromatic carbocycles. The molecule has 2 aromatic rings. The van der Waals surface area contributed by atoms with E-state index in [4.69, 9.17) is 5.73 Å². The van der Waals surface area contributed by atoms with Crippen LogP contribution in [0.15, 0.2) is 36.7 Å². The largest absolute Gasteiger partial charge is 0.349 e. The van der Waals surface area contributed by atoms with Crippen LogP contribution < -0.4 is 11.1 Å². The van der Waals surface area contributed by atoms with Crippen molar-refractivity contribution in [2.45, 2.75) is 25.4 Å². The number of nitrogens with zero attached hydrogens (tertiary/aromatic N) is 3. The minimum atomic E-state index is -0.0417. The minimum absolute atomic E-state index is 0.0417. The van der Waals surface area contributed by atoms with Crippen molar-refractivity contribution in [1.29, 1.82) is 0 Å². The van der Waals surface area contributed by atoms with Crippen LogP contribution in [0, 0.1) is 0 Å². The van der Waals surface area contributed by atoms with Crippen LogP contribution in [-0.4, -0.2) is 46.8 Å². The number of nitrogens with one attached hydrogen (secondary N) is 1. The van der Waals surface area contributed by atoms with Crippen LogP contribution in [0.3, 0.4) is 0 Å². The number of para-hydroxylation sites is 1. The number of benzene rings is 1. The average Bonchev–Trinajstić information content (AvgIpc) is 3.06. The summed E-state index contributed by atoms with van der Waals surface area (Å²) < 4.78 is 1.71. The van der Waals surface area contributed by atoms with E-state index in [1.54, 1.807) is 10.9 Å². The summed E-state index contributed by atoms with van der Waals surface area (Å²) in [5.41, 5.74) is 7.99. The van der Waals surface area contributed by atoms with E-state index in [-0.39, 0.29) is 11.9 Å². The highest BCUT2D eigenvalue weighted by atomic mass is 16.1. The lowest BCUT2D eigenvalue weighted by Gasteiger charge is -2.29. The molecule has 3 N–H and O–H groups in total. The van der Waals surface area contributed by atoms with Crippen molar-refractivity contribution in [3.05, 3.63) is 47.8 Å². The highest BCUT2D eigenvalue weighted by Crippen LogP contribution is 2.16. The van der Waals surface area contributed by atoms with Gasteiger partial charge in [0.15, 0.2) is 0 Å². The summed E-state index contributed by atoms with van der Waals surface area (Å²) in [7, 11) is 2.11. The Hall–Kier alpha value is -2.18. The molecule has 3 rings (SSSR count). The SMILES string of the molecule is CN1CCC(NC(=O)c2ccccc2-n2cc(CN)cn2)CC1. The Bertz CT molecular complexity index is 673. The number of likely N-dealkylation sites (tertiary alicyclic amines) is 1. The molecule has 2 heterocycles. The number of hydrogen-bond donors (Lipinski definition) is 2. The third-order valence-electron chi connectivity index (χ3n) is 4.32. The van der Waals surface area contributed by atoms with Crippen molar-refractivity contribution in [1.82, 2.24) is 20.0 Å². The van der Waals surface area contributed by atoms with Gasteiger partial charge >= 0.3 is 0 Å². The summed E-state index contributed by atoms with van der Waals surface area (Å²) in [5.74, 6) is -0.0417. The van der Waals surface area contributed by atoms with Crippen LogP contribution in [-0.2, 0) is 6.54 Å². The summed E-state index contributed by atoms with van der Waals surface area (Å²) in [4.78, 5) is 15.0. The first kappa shape index (κ1) is 15.7.